The molecule has 0 radical (unpaired) electrons. The molecule has 0 aliphatic heterocycles. The molecule has 5 nitrogen and oxygen atoms in total. The lowest BCUT2D eigenvalue weighted by atomic mass is 10.1. The van der Waals surface area contributed by atoms with Crippen LogP contribution in [-0.2, 0) is 0 Å². The summed E-state index contributed by atoms with van der Waals surface area (Å²) in [6.45, 7) is 0. The lowest BCUT2D eigenvalue weighted by Gasteiger charge is -2.09. The lowest BCUT2D eigenvalue weighted by molar-refractivity contribution is 0.0734. The maximum Gasteiger partial charge on any atom is 0.343 e. The summed E-state index contributed by atoms with van der Waals surface area (Å²) in [5.41, 5.74) is 1.66. The average Bonchev–Trinajstić information content (AvgIpc) is 2.78. The number of allylic oxidation sites excluding steroid dienone is 1. The highest BCUT2D eigenvalue weighted by Crippen LogP contribution is 2.28. The molecule has 0 aliphatic rings. The van der Waals surface area contributed by atoms with Gasteiger partial charge in [-0.3, -0.25) is 4.79 Å². The van der Waals surface area contributed by atoms with Crippen molar-refractivity contribution in [2.24, 2.45) is 0 Å². The molecule has 30 heavy (non-hydrogen) atoms. The van der Waals surface area contributed by atoms with Gasteiger partial charge >= 0.3 is 5.97 Å². The van der Waals surface area contributed by atoms with Crippen molar-refractivity contribution in [1.82, 2.24) is 0 Å². The van der Waals surface area contributed by atoms with E-state index in [-0.39, 0.29) is 5.78 Å². The molecule has 6 heteroatoms. The Hall–Kier alpha value is -3.57. The van der Waals surface area contributed by atoms with Gasteiger partial charge in [0, 0.05) is 10.6 Å². The van der Waals surface area contributed by atoms with E-state index in [0.717, 1.165) is 5.56 Å². The van der Waals surface area contributed by atoms with Crippen molar-refractivity contribution in [3.63, 3.8) is 0 Å². The Labute approximate surface area is 179 Å². The molecule has 0 saturated heterocycles. The zero-order valence-corrected chi connectivity index (χ0v) is 17.2. The fourth-order valence-corrected chi connectivity index (χ4v) is 2.78. The molecule has 0 unspecified atom stereocenters. The number of benzene rings is 3. The van der Waals surface area contributed by atoms with Crippen molar-refractivity contribution < 1.29 is 23.8 Å². The Morgan fingerprint density at radius 3 is 2.07 bits per heavy atom. The van der Waals surface area contributed by atoms with Crippen LogP contribution in [0.3, 0.4) is 0 Å². The molecule has 0 saturated carbocycles. The molecule has 0 fully saturated rings. The summed E-state index contributed by atoms with van der Waals surface area (Å²) in [7, 11) is 3.01. The van der Waals surface area contributed by atoms with E-state index in [1.165, 1.54) is 20.3 Å². The standard InChI is InChI=1S/C24H19ClO5/c1-28-22-14-8-18(15-23(22)29-2)24(27)30-20-11-6-17(7-12-20)21(26)13-5-16-3-9-19(25)10-4-16/h3-15H,1-2H3/b13-5+. The number of esters is 1. The van der Waals surface area contributed by atoms with E-state index in [4.69, 9.17) is 25.8 Å². The minimum Gasteiger partial charge on any atom is -0.493 e. The number of carbonyl (C=O) groups excluding carboxylic acids is 2. The van der Waals surface area contributed by atoms with Crippen LogP contribution in [-0.4, -0.2) is 26.0 Å². The quantitative estimate of drug-likeness (QED) is 0.218. The zero-order valence-electron chi connectivity index (χ0n) is 16.4. The van der Waals surface area contributed by atoms with Crippen LogP contribution in [0.4, 0.5) is 0 Å². The first-order chi connectivity index (χ1) is 14.5. The van der Waals surface area contributed by atoms with Gasteiger partial charge in [0.25, 0.3) is 0 Å². The smallest absolute Gasteiger partial charge is 0.343 e. The summed E-state index contributed by atoms with van der Waals surface area (Å²) in [6.07, 6.45) is 3.19. The Balaban J connectivity index is 1.66. The highest BCUT2D eigenvalue weighted by molar-refractivity contribution is 6.30. The van der Waals surface area contributed by atoms with E-state index in [9.17, 15) is 9.59 Å². The van der Waals surface area contributed by atoms with Gasteiger partial charge in [0.2, 0.25) is 0 Å². The fraction of sp³-hybridized carbons (Fsp3) is 0.0833. The Kier molecular flexibility index (Phi) is 6.88. The van der Waals surface area contributed by atoms with E-state index >= 15 is 0 Å². The lowest BCUT2D eigenvalue weighted by Crippen LogP contribution is -2.09. The SMILES string of the molecule is COc1ccc(C(=O)Oc2ccc(C(=O)/C=C/c3ccc(Cl)cc3)cc2)cc1OC. The summed E-state index contributed by atoms with van der Waals surface area (Å²) in [4.78, 5) is 24.7. The molecule has 0 spiro atoms. The van der Waals surface area contributed by atoms with E-state index in [0.29, 0.717) is 33.4 Å². The minimum atomic E-state index is -0.544. The summed E-state index contributed by atoms with van der Waals surface area (Å²) >= 11 is 5.85. The first-order valence-electron chi connectivity index (χ1n) is 9.02. The topological polar surface area (TPSA) is 61.8 Å². The summed E-state index contributed by atoms with van der Waals surface area (Å²) < 4.78 is 15.7. The number of hydrogen-bond donors (Lipinski definition) is 0. The number of carbonyl (C=O) groups is 2. The molecule has 0 heterocycles. The number of halogens is 1. The Bertz CT molecular complexity index is 1070. The first kappa shape index (κ1) is 21.1. The van der Waals surface area contributed by atoms with Crippen LogP contribution in [0.5, 0.6) is 17.2 Å². The van der Waals surface area contributed by atoms with Gasteiger partial charge in [-0.1, -0.05) is 29.8 Å². The number of ketones is 1. The molecular weight excluding hydrogens is 404 g/mol. The molecule has 3 aromatic rings. The maximum absolute atomic E-state index is 12.4. The van der Waals surface area contributed by atoms with Crippen LogP contribution in [0, 0.1) is 0 Å². The van der Waals surface area contributed by atoms with Crippen LogP contribution in [0.15, 0.2) is 72.8 Å². The molecule has 0 N–H and O–H groups in total. The van der Waals surface area contributed by atoms with E-state index in [1.54, 1.807) is 60.7 Å². The molecule has 0 amide bonds. The van der Waals surface area contributed by atoms with Gasteiger partial charge < -0.3 is 14.2 Å². The van der Waals surface area contributed by atoms with Crippen molar-refractivity contribution in [3.05, 3.63) is 94.5 Å². The first-order valence-corrected chi connectivity index (χ1v) is 9.40. The maximum atomic E-state index is 12.4. The second-order valence-corrected chi connectivity index (χ2v) is 6.67. The minimum absolute atomic E-state index is 0.164. The molecule has 152 valence electrons. The molecule has 3 rings (SSSR count). The van der Waals surface area contributed by atoms with Gasteiger partial charge in [-0.2, -0.15) is 0 Å². The predicted octanol–water partition coefficient (Wildman–Crippen LogP) is 5.47. The van der Waals surface area contributed by atoms with E-state index in [1.807, 2.05) is 12.1 Å². The largest absolute Gasteiger partial charge is 0.493 e. The van der Waals surface area contributed by atoms with Crippen molar-refractivity contribution >= 4 is 29.4 Å². The van der Waals surface area contributed by atoms with Crippen LogP contribution < -0.4 is 14.2 Å². The van der Waals surface area contributed by atoms with Crippen LogP contribution in [0.1, 0.15) is 26.3 Å². The van der Waals surface area contributed by atoms with Crippen LogP contribution in [0.2, 0.25) is 5.02 Å². The predicted molar refractivity (Wildman–Crippen MR) is 116 cm³/mol. The third-order valence-corrected chi connectivity index (χ3v) is 4.52. The Morgan fingerprint density at radius 1 is 0.800 bits per heavy atom. The highest BCUT2D eigenvalue weighted by atomic mass is 35.5. The Morgan fingerprint density at radius 2 is 1.43 bits per heavy atom. The molecule has 0 bridgehead atoms. The van der Waals surface area contributed by atoms with Crippen molar-refractivity contribution in [1.29, 1.82) is 0 Å². The highest BCUT2D eigenvalue weighted by Gasteiger charge is 2.13. The third kappa shape index (κ3) is 5.27. The van der Waals surface area contributed by atoms with Gasteiger partial charge in [0.05, 0.1) is 19.8 Å². The van der Waals surface area contributed by atoms with Gasteiger partial charge in [-0.25, -0.2) is 4.79 Å². The number of hydrogen-bond acceptors (Lipinski definition) is 5. The van der Waals surface area contributed by atoms with Gasteiger partial charge in [0.1, 0.15) is 5.75 Å². The summed E-state index contributed by atoms with van der Waals surface area (Å²) in [6, 6.07) is 18.3. The van der Waals surface area contributed by atoms with Crippen molar-refractivity contribution in [3.8, 4) is 17.2 Å². The second-order valence-electron chi connectivity index (χ2n) is 6.23. The average molecular weight is 423 g/mol. The van der Waals surface area contributed by atoms with Gasteiger partial charge in [-0.05, 0) is 66.2 Å². The third-order valence-electron chi connectivity index (χ3n) is 4.27. The zero-order chi connectivity index (χ0) is 21.5. The second kappa shape index (κ2) is 9.76. The van der Waals surface area contributed by atoms with Crippen molar-refractivity contribution in [2.75, 3.05) is 14.2 Å². The molecular formula is C24H19ClO5. The molecule has 3 aromatic carbocycles. The van der Waals surface area contributed by atoms with Crippen LogP contribution >= 0.6 is 11.6 Å². The van der Waals surface area contributed by atoms with E-state index in [2.05, 4.69) is 0 Å². The summed E-state index contributed by atoms with van der Waals surface area (Å²) in [5.74, 6) is 0.567. The molecule has 0 aliphatic carbocycles. The summed E-state index contributed by atoms with van der Waals surface area (Å²) in [5, 5.41) is 0.636. The number of methoxy groups -OCH3 is 2. The van der Waals surface area contributed by atoms with Crippen LogP contribution in [0.25, 0.3) is 6.08 Å². The normalized spacial score (nSPS) is 10.6. The van der Waals surface area contributed by atoms with Gasteiger partial charge in [0.15, 0.2) is 17.3 Å². The fourth-order valence-electron chi connectivity index (χ4n) is 2.66. The molecule has 0 atom stereocenters. The van der Waals surface area contributed by atoms with Gasteiger partial charge in [-0.15, -0.1) is 0 Å². The monoisotopic (exact) mass is 422 g/mol. The number of rotatable bonds is 7. The number of ether oxygens (including phenoxy) is 3. The van der Waals surface area contributed by atoms with Crippen molar-refractivity contribution in [2.45, 2.75) is 0 Å². The van der Waals surface area contributed by atoms with E-state index < -0.39 is 5.97 Å². The molecule has 0 aromatic heterocycles.